The number of fused-ring (bicyclic) bond motifs is 2. The lowest BCUT2D eigenvalue weighted by atomic mass is 9.87. The zero-order valence-electron chi connectivity index (χ0n) is 20.0. The quantitative estimate of drug-likeness (QED) is 0.285. The second kappa shape index (κ2) is 10.1. The van der Waals surface area contributed by atoms with Crippen LogP contribution in [0.2, 0.25) is 0 Å². The molecule has 2 heterocycles. The second-order valence-electron chi connectivity index (χ2n) is 10.0. The Morgan fingerprint density at radius 1 is 1.09 bits per heavy atom. The molecule has 0 spiro atoms. The molecule has 0 saturated heterocycles. The highest BCUT2D eigenvalue weighted by Crippen LogP contribution is 2.27. The number of aromatic nitrogens is 1. The number of nitrogens with one attached hydrogen (secondary N) is 3. The first-order valence-corrected chi connectivity index (χ1v) is 12.7. The minimum Gasteiger partial charge on any atom is -0.460 e. The Bertz CT molecular complexity index is 1220. The summed E-state index contributed by atoms with van der Waals surface area (Å²) in [5, 5.41) is 9.04. The highest BCUT2D eigenvalue weighted by atomic mass is 16.3. The van der Waals surface area contributed by atoms with Crippen LogP contribution in [-0.4, -0.2) is 23.0 Å². The lowest BCUT2D eigenvalue weighted by Gasteiger charge is -2.30. The number of carbonyl (C=O) groups is 1. The van der Waals surface area contributed by atoms with Gasteiger partial charge in [-0.1, -0.05) is 68.5 Å². The van der Waals surface area contributed by atoms with E-state index in [0.29, 0.717) is 13.0 Å². The highest BCUT2D eigenvalue weighted by molar-refractivity contribution is 5.89. The van der Waals surface area contributed by atoms with Crippen molar-refractivity contribution in [3.63, 3.8) is 0 Å². The Hall–Kier alpha value is -3.05. The molecule has 1 atom stereocenters. The van der Waals surface area contributed by atoms with Crippen molar-refractivity contribution >= 4 is 27.8 Å². The first-order chi connectivity index (χ1) is 16.6. The largest absolute Gasteiger partial charge is 0.460 e. The summed E-state index contributed by atoms with van der Waals surface area (Å²) < 4.78 is 6.01. The lowest BCUT2D eigenvalue weighted by molar-refractivity contribution is -0.127. The van der Waals surface area contributed by atoms with Crippen LogP contribution in [0.3, 0.4) is 0 Å². The number of carbonyl (C=O) groups excluding carboxylic acids is 1. The van der Waals surface area contributed by atoms with E-state index >= 15 is 0 Å². The molecule has 5 heteroatoms. The van der Waals surface area contributed by atoms with E-state index in [4.69, 9.17) is 4.42 Å². The van der Waals surface area contributed by atoms with E-state index in [1.54, 1.807) is 0 Å². The smallest absolute Gasteiger partial charge is 0.240 e. The van der Waals surface area contributed by atoms with Gasteiger partial charge in [-0.25, -0.2) is 0 Å². The third-order valence-corrected chi connectivity index (χ3v) is 7.41. The van der Waals surface area contributed by atoms with Crippen LogP contribution in [-0.2, 0) is 17.8 Å². The van der Waals surface area contributed by atoms with Crippen molar-refractivity contribution in [3.05, 3.63) is 72.1 Å². The van der Waals surface area contributed by atoms with Crippen LogP contribution >= 0.6 is 0 Å². The van der Waals surface area contributed by atoms with Crippen LogP contribution in [0.15, 0.2) is 65.2 Å². The summed E-state index contributed by atoms with van der Waals surface area (Å²) in [6.07, 6.45) is 10.3. The van der Waals surface area contributed by atoms with Gasteiger partial charge in [0, 0.05) is 35.5 Å². The van der Waals surface area contributed by atoms with Crippen molar-refractivity contribution < 1.29 is 9.21 Å². The normalized spacial score (nSPS) is 16.6. The van der Waals surface area contributed by atoms with Crippen LogP contribution < -0.4 is 10.6 Å². The predicted octanol–water partition coefficient (Wildman–Crippen LogP) is 6.09. The predicted molar refractivity (Wildman–Crippen MR) is 138 cm³/mol. The average Bonchev–Trinajstić information content (AvgIpc) is 3.47. The van der Waals surface area contributed by atoms with Gasteiger partial charge in [-0.2, -0.15) is 0 Å². The molecule has 0 radical (unpaired) electrons. The van der Waals surface area contributed by atoms with Gasteiger partial charge in [0.2, 0.25) is 5.91 Å². The van der Waals surface area contributed by atoms with Crippen LogP contribution in [0.1, 0.15) is 56.8 Å². The zero-order valence-corrected chi connectivity index (χ0v) is 20.0. The first kappa shape index (κ1) is 22.7. The summed E-state index contributed by atoms with van der Waals surface area (Å²) >= 11 is 0. The topological polar surface area (TPSA) is 70.1 Å². The molecule has 0 bridgehead atoms. The number of rotatable bonds is 9. The molecule has 0 aliphatic heterocycles. The molecular weight excluding hydrogens is 422 g/mol. The van der Waals surface area contributed by atoms with Crippen LogP contribution in [0.5, 0.6) is 0 Å². The molecule has 34 heavy (non-hydrogen) atoms. The van der Waals surface area contributed by atoms with Gasteiger partial charge in [0.05, 0.1) is 12.1 Å². The average molecular weight is 458 g/mol. The van der Waals surface area contributed by atoms with E-state index < -0.39 is 5.54 Å². The molecule has 2 aromatic heterocycles. The number of para-hydroxylation sites is 2. The number of furan rings is 1. The number of H-pyrrole nitrogens is 1. The zero-order chi connectivity index (χ0) is 23.4. The molecule has 1 aliphatic rings. The van der Waals surface area contributed by atoms with Crippen molar-refractivity contribution in [1.29, 1.82) is 0 Å². The van der Waals surface area contributed by atoms with Gasteiger partial charge in [0.15, 0.2) is 0 Å². The van der Waals surface area contributed by atoms with Crippen molar-refractivity contribution in [2.24, 2.45) is 5.92 Å². The molecule has 2 aromatic carbocycles. The van der Waals surface area contributed by atoms with E-state index in [0.717, 1.165) is 52.1 Å². The summed E-state index contributed by atoms with van der Waals surface area (Å²) in [6.45, 7) is 3.23. The standard InChI is InChI=1S/C29H35N3O2/c1-29(18-23-19-31-26-13-7-6-12-25(23)26,28(33)30-16-15-21-9-3-2-4-10-21)32-20-24-17-22-11-5-8-14-27(22)34-24/h5-8,11-14,17,19,21,31-32H,2-4,9-10,15-16,18,20H2,1H3,(H,30,33). The van der Waals surface area contributed by atoms with Crippen molar-refractivity contribution in [2.75, 3.05) is 6.54 Å². The van der Waals surface area contributed by atoms with Crippen molar-refractivity contribution in [3.8, 4) is 0 Å². The maximum absolute atomic E-state index is 13.5. The maximum Gasteiger partial charge on any atom is 0.240 e. The first-order valence-electron chi connectivity index (χ1n) is 12.7. The van der Waals surface area contributed by atoms with E-state index in [2.05, 4.69) is 33.8 Å². The fourth-order valence-corrected chi connectivity index (χ4v) is 5.35. The van der Waals surface area contributed by atoms with Gasteiger partial charge < -0.3 is 14.7 Å². The molecule has 178 valence electrons. The van der Waals surface area contributed by atoms with Gasteiger partial charge >= 0.3 is 0 Å². The second-order valence-corrected chi connectivity index (χ2v) is 10.0. The third-order valence-electron chi connectivity index (χ3n) is 7.41. The number of hydrogen-bond donors (Lipinski definition) is 3. The molecular formula is C29H35N3O2. The fourth-order valence-electron chi connectivity index (χ4n) is 5.35. The number of benzene rings is 2. The Labute approximate surface area is 201 Å². The molecule has 4 aromatic rings. The summed E-state index contributed by atoms with van der Waals surface area (Å²) in [6, 6.07) is 18.3. The molecule has 1 unspecified atom stereocenters. The molecule has 3 N–H and O–H groups in total. The molecule has 1 saturated carbocycles. The summed E-state index contributed by atoms with van der Waals surface area (Å²) in [5.41, 5.74) is 2.33. The Kier molecular flexibility index (Phi) is 6.73. The van der Waals surface area contributed by atoms with Crippen molar-refractivity contribution in [1.82, 2.24) is 15.6 Å². The summed E-state index contributed by atoms with van der Waals surface area (Å²) in [5.74, 6) is 1.63. The molecule has 5 nitrogen and oxygen atoms in total. The van der Waals surface area contributed by atoms with Crippen molar-refractivity contribution in [2.45, 2.75) is 64.0 Å². The van der Waals surface area contributed by atoms with Gasteiger partial charge in [-0.05, 0) is 43.0 Å². The van der Waals surface area contributed by atoms with Crippen LogP contribution in [0.4, 0.5) is 0 Å². The minimum atomic E-state index is -0.767. The molecule has 1 fully saturated rings. The molecule has 1 amide bonds. The molecule has 5 rings (SSSR count). The van der Waals surface area contributed by atoms with Gasteiger partial charge in [0.25, 0.3) is 0 Å². The summed E-state index contributed by atoms with van der Waals surface area (Å²) in [4.78, 5) is 16.9. The van der Waals surface area contributed by atoms with E-state index in [-0.39, 0.29) is 5.91 Å². The minimum absolute atomic E-state index is 0.0460. The SMILES string of the molecule is CC(Cc1c[nH]c2ccccc12)(NCc1cc2ccccc2o1)C(=O)NCCC1CCCCC1. The maximum atomic E-state index is 13.5. The van der Waals surface area contributed by atoms with E-state index in [9.17, 15) is 4.79 Å². The lowest BCUT2D eigenvalue weighted by Crippen LogP contribution is -2.56. The van der Waals surface area contributed by atoms with Gasteiger partial charge in [-0.15, -0.1) is 0 Å². The van der Waals surface area contributed by atoms with Crippen LogP contribution in [0.25, 0.3) is 21.9 Å². The fraction of sp³-hybridized carbons (Fsp3) is 0.414. The van der Waals surface area contributed by atoms with E-state index in [1.165, 1.54) is 32.1 Å². The summed E-state index contributed by atoms with van der Waals surface area (Å²) in [7, 11) is 0. The van der Waals surface area contributed by atoms with Gasteiger partial charge in [-0.3, -0.25) is 10.1 Å². The number of hydrogen-bond acceptors (Lipinski definition) is 3. The Morgan fingerprint density at radius 3 is 2.74 bits per heavy atom. The number of aromatic amines is 1. The van der Waals surface area contributed by atoms with Gasteiger partial charge in [0.1, 0.15) is 11.3 Å². The third kappa shape index (κ3) is 5.05. The number of amides is 1. The monoisotopic (exact) mass is 457 g/mol. The molecule has 1 aliphatic carbocycles. The highest BCUT2D eigenvalue weighted by Gasteiger charge is 2.34. The Morgan fingerprint density at radius 2 is 1.88 bits per heavy atom. The van der Waals surface area contributed by atoms with Crippen LogP contribution in [0, 0.1) is 5.92 Å². The van der Waals surface area contributed by atoms with E-state index in [1.807, 2.05) is 49.5 Å². The Balaban J connectivity index is 1.31.